The third-order valence-electron chi connectivity index (χ3n) is 3.47. The van der Waals surface area contributed by atoms with Crippen molar-refractivity contribution in [1.82, 2.24) is 10.0 Å². The summed E-state index contributed by atoms with van der Waals surface area (Å²) in [4.78, 5) is 0.300. The van der Waals surface area contributed by atoms with Crippen molar-refractivity contribution in [2.24, 2.45) is 0 Å². The number of hydrogen-bond donors (Lipinski definition) is 2. The van der Waals surface area contributed by atoms with Crippen molar-refractivity contribution < 1.29 is 13.2 Å². The van der Waals surface area contributed by atoms with Crippen molar-refractivity contribution in [1.29, 1.82) is 0 Å². The predicted octanol–water partition coefficient (Wildman–Crippen LogP) is 1.64. The maximum absolute atomic E-state index is 12.2. The lowest BCUT2D eigenvalue weighted by Gasteiger charge is -2.12. The van der Waals surface area contributed by atoms with Gasteiger partial charge in [-0.2, -0.15) is 0 Å². The lowest BCUT2D eigenvalue weighted by molar-refractivity contribution is 0.114. The lowest BCUT2D eigenvalue weighted by atomic mass is 10.2. The zero-order chi connectivity index (χ0) is 15.3. The summed E-state index contributed by atoms with van der Waals surface area (Å²) in [5, 5.41) is 3.30. The summed E-state index contributed by atoms with van der Waals surface area (Å²) >= 11 is 0. The zero-order valence-corrected chi connectivity index (χ0v) is 13.4. The van der Waals surface area contributed by atoms with Crippen molar-refractivity contribution in [3.05, 3.63) is 29.8 Å². The SMILES string of the molecule is CC(C)NCc1ccc(S(=O)(=O)NCC2CCCO2)cc1. The van der Waals surface area contributed by atoms with Gasteiger partial charge in [-0.3, -0.25) is 0 Å². The molecule has 118 valence electrons. The van der Waals surface area contributed by atoms with Gasteiger partial charge in [-0.05, 0) is 30.5 Å². The molecule has 1 fully saturated rings. The molecule has 0 saturated carbocycles. The van der Waals surface area contributed by atoms with Crippen LogP contribution in [0, 0.1) is 0 Å². The molecule has 5 nitrogen and oxygen atoms in total. The molecule has 1 aromatic rings. The van der Waals surface area contributed by atoms with E-state index in [4.69, 9.17) is 4.74 Å². The van der Waals surface area contributed by atoms with Gasteiger partial charge in [-0.15, -0.1) is 0 Å². The van der Waals surface area contributed by atoms with Crippen LogP contribution < -0.4 is 10.0 Å². The molecule has 0 aliphatic carbocycles. The van der Waals surface area contributed by atoms with Crippen LogP contribution in [0.3, 0.4) is 0 Å². The van der Waals surface area contributed by atoms with Crippen molar-refractivity contribution in [3.63, 3.8) is 0 Å². The van der Waals surface area contributed by atoms with Gasteiger partial charge in [0.1, 0.15) is 0 Å². The standard InChI is InChI=1S/C15H24N2O3S/c1-12(2)16-10-13-5-7-15(8-6-13)21(18,19)17-11-14-4-3-9-20-14/h5-8,12,14,16-17H,3-4,9-11H2,1-2H3. The molecule has 0 radical (unpaired) electrons. The molecular formula is C15H24N2O3S. The Morgan fingerprint density at radius 2 is 2.00 bits per heavy atom. The van der Waals surface area contributed by atoms with Gasteiger partial charge in [-0.1, -0.05) is 26.0 Å². The molecule has 6 heteroatoms. The molecule has 1 heterocycles. The quantitative estimate of drug-likeness (QED) is 0.803. The average Bonchev–Trinajstić information content (AvgIpc) is 2.97. The Kier molecular flexibility index (Phi) is 5.75. The van der Waals surface area contributed by atoms with Crippen LogP contribution >= 0.6 is 0 Å². The van der Waals surface area contributed by atoms with Gasteiger partial charge in [0.05, 0.1) is 11.0 Å². The topological polar surface area (TPSA) is 67.4 Å². The summed E-state index contributed by atoms with van der Waals surface area (Å²) in [5.74, 6) is 0. The van der Waals surface area contributed by atoms with E-state index in [9.17, 15) is 8.42 Å². The Morgan fingerprint density at radius 1 is 1.29 bits per heavy atom. The molecule has 1 aliphatic heterocycles. The van der Waals surface area contributed by atoms with Gasteiger partial charge in [0.25, 0.3) is 0 Å². The lowest BCUT2D eigenvalue weighted by Crippen LogP contribution is -2.31. The molecule has 0 aromatic heterocycles. The second-order valence-corrected chi connectivity index (χ2v) is 7.43. The third-order valence-corrected chi connectivity index (χ3v) is 4.91. The van der Waals surface area contributed by atoms with E-state index < -0.39 is 10.0 Å². The highest BCUT2D eigenvalue weighted by molar-refractivity contribution is 7.89. The number of benzene rings is 1. The fourth-order valence-corrected chi connectivity index (χ4v) is 3.27. The van der Waals surface area contributed by atoms with Crippen LogP contribution in [0.25, 0.3) is 0 Å². The predicted molar refractivity (Wildman–Crippen MR) is 82.6 cm³/mol. The van der Waals surface area contributed by atoms with Gasteiger partial charge in [0, 0.05) is 25.7 Å². The molecule has 2 N–H and O–H groups in total. The van der Waals surface area contributed by atoms with Crippen LogP contribution in [-0.4, -0.2) is 33.7 Å². The Balaban J connectivity index is 1.92. The smallest absolute Gasteiger partial charge is 0.240 e. The van der Waals surface area contributed by atoms with E-state index in [1.165, 1.54) is 0 Å². The van der Waals surface area contributed by atoms with Gasteiger partial charge < -0.3 is 10.1 Å². The summed E-state index contributed by atoms with van der Waals surface area (Å²) in [6.07, 6.45) is 1.93. The fraction of sp³-hybridized carbons (Fsp3) is 0.600. The van der Waals surface area contributed by atoms with E-state index >= 15 is 0 Å². The minimum Gasteiger partial charge on any atom is -0.377 e. The van der Waals surface area contributed by atoms with Crippen LogP contribution in [0.5, 0.6) is 0 Å². The van der Waals surface area contributed by atoms with Crippen molar-refractivity contribution in [2.45, 2.75) is 50.3 Å². The highest BCUT2D eigenvalue weighted by Gasteiger charge is 2.20. The number of sulfonamides is 1. The molecule has 2 rings (SSSR count). The highest BCUT2D eigenvalue weighted by atomic mass is 32.2. The second-order valence-electron chi connectivity index (χ2n) is 5.67. The summed E-state index contributed by atoms with van der Waals surface area (Å²) < 4.78 is 32.4. The van der Waals surface area contributed by atoms with Gasteiger partial charge in [-0.25, -0.2) is 13.1 Å². The minimum atomic E-state index is -3.45. The average molecular weight is 312 g/mol. The molecule has 0 amide bonds. The Bertz CT molecular complexity index is 535. The van der Waals surface area contributed by atoms with Crippen LogP contribution in [-0.2, 0) is 21.3 Å². The maximum Gasteiger partial charge on any atom is 0.240 e. The monoisotopic (exact) mass is 312 g/mol. The number of ether oxygens (including phenoxy) is 1. The molecule has 0 bridgehead atoms. The van der Waals surface area contributed by atoms with E-state index in [0.29, 0.717) is 17.5 Å². The largest absolute Gasteiger partial charge is 0.377 e. The minimum absolute atomic E-state index is 0.00860. The molecule has 21 heavy (non-hydrogen) atoms. The summed E-state index contributed by atoms with van der Waals surface area (Å²) in [5.41, 5.74) is 1.07. The number of nitrogens with one attached hydrogen (secondary N) is 2. The molecule has 1 aromatic carbocycles. The summed E-state index contributed by atoms with van der Waals surface area (Å²) in [6.45, 7) is 5.96. The zero-order valence-electron chi connectivity index (χ0n) is 12.6. The summed E-state index contributed by atoms with van der Waals surface area (Å²) in [6, 6.07) is 7.39. The van der Waals surface area contributed by atoms with E-state index in [1.807, 2.05) is 12.1 Å². The van der Waals surface area contributed by atoms with Gasteiger partial charge in [0.2, 0.25) is 10.0 Å². The first kappa shape index (κ1) is 16.4. The van der Waals surface area contributed by atoms with E-state index in [2.05, 4.69) is 23.9 Å². The van der Waals surface area contributed by atoms with Crippen LogP contribution in [0.1, 0.15) is 32.3 Å². The molecular weight excluding hydrogens is 288 g/mol. The normalized spacial score (nSPS) is 19.3. The van der Waals surface area contributed by atoms with Crippen molar-refractivity contribution in [3.8, 4) is 0 Å². The first-order valence-electron chi connectivity index (χ1n) is 7.41. The van der Waals surface area contributed by atoms with Crippen LogP contribution in [0.4, 0.5) is 0 Å². The summed E-state index contributed by atoms with van der Waals surface area (Å²) in [7, 11) is -3.45. The molecule has 1 unspecified atom stereocenters. The Hall–Kier alpha value is -0.950. The van der Waals surface area contributed by atoms with Crippen LogP contribution in [0.15, 0.2) is 29.2 Å². The van der Waals surface area contributed by atoms with E-state index in [1.54, 1.807) is 12.1 Å². The second kappa shape index (κ2) is 7.35. The first-order valence-corrected chi connectivity index (χ1v) is 8.89. The molecule has 1 saturated heterocycles. The Labute approximate surface area is 127 Å². The van der Waals surface area contributed by atoms with Crippen molar-refractivity contribution in [2.75, 3.05) is 13.2 Å². The third kappa shape index (κ3) is 5.07. The molecule has 0 spiro atoms. The van der Waals surface area contributed by atoms with E-state index in [-0.39, 0.29) is 6.10 Å². The first-order chi connectivity index (χ1) is 9.97. The Morgan fingerprint density at radius 3 is 2.57 bits per heavy atom. The highest BCUT2D eigenvalue weighted by Crippen LogP contribution is 2.14. The van der Waals surface area contributed by atoms with Gasteiger partial charge >= 0.3 is 0 Å². The van der Waals surface area contributed by atoms with Crippen molar-refractivity contribution >= 4 is 10.0 Å². The molecule has 1 atom stereocenters. The van der Waals surface area contributed by atoms with Gasteiger partial charge in [0.15, 0.2) is 0 Å². The number of hydrogen-bond acceptors (Lipinski definition) is 4. The molecule has 1 aliphatic rings. The van der Waals surface area contributed by atoms with Crippen LogP contribution in [0.2, 0.25) is 0 Å². The van der Waals surface area contributed by atoms with E-state index in [0.717, 1.165) is 31.6 Å². The number of rotatable bonds is 7. The maximum atomic E-state index is 12.2. The fourth-order valence-electron chi connectivity index (χ4n) is 2.20.